The third kappa shape index (κ3) is 1.58. The molecule has 2 heterocycles. The van der Waals surface area contributed by atoms with Gasteiger partial charge in [0.15, 0.2) is 0 Å². The van der Waals surface area contributed by atoms with E-state index in [2.05, 4.69) is 28.3 Å². The van der Waals surface area contributed by atoms with Gasteiger partial charge in [0.1, 0.15) is 5.82 Å². The summed E-state index contributed by atoms with van der Waals surface area (Å²) in [4.78, 5) is 8.81. The second kappa shape index (κ2) is 3.55. The highest BCUT2D eigenvalue weighted by Gasteiger charge is 2.08. The third-order valence-electron chi connectivity index (χ3n) is 2.20. The fourth-order valence-electron chi connectivity index (χ4n) is 1.33. The van der Waals surface area contributed by atoms with Gasteiger partial charge in [0.2, 0.25) is 0 Å². The summed E-state index contributed by atoms with van der Waals surface area (Å²) in [5, 5.41) is 2.07. The van der Waals surface area contributed by atoms with E-state index in [1.54, 1.807) is 17.5 Å². The zero-order chi connectivity index (χ0) is 10.1. The molecule has 0 aromatic carbocycles. The molecule has 14 heavy (non-hydrogen) atoms. The van der Waals surface area contributed by atoms with E-state index in [-0.39, 0.29) is 6.04 Å². The minimum Gasteiger partial charge on any atom is -0.341 e. The molecule has 0 aliphatic heterocycles. The molecule has 2 rings (SSSR count). The Morgan fingerprint density at radius 1 is 1.57 bits per heavy atom. The Hall–Kier alpha value is -1.13. The number of aromatic nitrogens is 2. The molecule has 0 spiro atoms. The smallest absolute Gasteiger partial charge is 0.138 e. The fraction of sp³-hybridized carbons (Fsp3) is 0.300. The van der Waals surface area contributed by atoms with E-state index in [9.17, 15) is 0 Å². The fourth-order valence-corrected chi connectivity index (χ4v) is 2.03. The van der Waals surface area contributed by atoms with Crippen molar-refractivity contribution in [2.24, 2.45) is 5.73 Å². The molecule has 1 unspecified atom stereocenters. The van der Waals surface area contributed by atoms with Crippen LogP contribution in [0.3, 0.4) is 0 Å². The lowest BCUT2D eigenvalue weighted by atomic mass is 10.2. The third-order valence-corrected chi connectivity index (χ3v) is 3.05. The molecule has 0 bridgehead atoms. The van der Waals surface area contributed by atoms with Crippen molar-refractivity contribution in [1.82, 2.24) is 9.97 Å². The van der Waals surface area contributed by atoms with Gasteiger partial charge >= 0.3 is 0 Å². The summed E-state index contributed by atoms with van der Waals surface area (Å²) in [7, 11) is 0. The van der Waals surface area contributed by atoms with Crippen LogP contribution in [0.15, 0.2) is 17.6 Å². The molecule has 0 saturated heterocycles. The molecular weight excluding hydrogens is 194 g/mol. The summed E-state index contributed by atoms with van der Waals surface area (Å²) >= 11 is 1.73. The van der Waals surface area contributed by atoms with Gasteiger partial charge in [0.25, 0.3) is 0 Å². The molecule has 1 atom stereocenters. The van der Waals surface area contributed by atoms with Crippen LogP contribution in [0.25, 0.3) is 11.4 Å². The number of rotatable bonds is 2. The first-order chi connectivity index (χ1) is 6.68. The van der Waals surface area contributed by atoms with Crippen molar-refractivity contribution >= 4 is 11.3 Å². The van der Waals surface area contributed by atoms with Gasteiger partial charge in [-0.1, -0.05) is 0 Å². The van der Waals surface area contributed by atoms with Crippen LogP contribution in [0.1, 0.15) is 23.5 Å². The van der Waals surface area contributed by atoms with E-state index in [4.69, 9.17) is 5.73 Å². The molecule has 0 amide bonds. The highest BCUT2D eigenvalue weighted by atomic mass is 32.1. The normalized spacial score (nSPS) is 13.1. The number of hydrogen-bond donors (Lipinski definition) is 2. The average Bonchev–Trinajstić information content (AvgIpc) is 2.71. The van der Waals surface area contributed by atoms with E-state index in [1.807, 2.05) is 6.92 Å². The highest BCUT2D eigenvalue weighted by Crippen LogP contribution is 2.25. The van der Waals surface area contributed by atoms with E-state index in [0.29, 0.717) is 0 Å². The highest BCUT2D eigenvalue weighted by molar-refractivity contribution is 7.10. The van der Waals surface area contributed by atoms with Crippen molar-refractivity contribution in [1.29, 1.82) is 0 Å². The quantitative estimate of drug-likeness (QED) is 0.794. The number of aryl methyl sites for hydroxylation is 1. The maximum absolute atomic E-state index is 5.75. The molecule has 0 fully saturated rings. The largest absolute Gasteiger partial charge is 0.341 e. The van der Waals surface area contributed by atoms with Crippen LogP contribution in [0.5, 0.6) is 0 Å². The van der Waals surface area contributed by atoms with Gasteiger partial charge in [-0.2, -0.15) is 0 Å². The molecule has 74 valence electrons. The second-order valence-corrected chi connectivity index (χ2v) is 4.49. The maximum atomic E-state index is 5.75. The molecule has 0 aliphatic rings. The van der Waals surface area contributed by atoms with Gasteiger partial charge in [-0.25, -0.2) is 4.98 Å². The van der Waals surface area contributed by atoms with Crippen molar-refractivity contribution in [2.45, 2.75) is 19.9 Å². The van der Waals surface area contributed by atoms with Crippen molar-refractivity contribution in [3.8, 4) is 11.4 Å². The number of H-pyrrole nitrogens is 1. The molecule has 2 aromatic heterocycles. The first-order valence-corrected chi connectivity index (χ1v) is 5.41. The number of aromatic amines is 1. The van der Waals surface area contributed by atoms with Crippen molar-refractivity contribution in [3.05, 3.63) is 28.2 Å². The van der Waals surface area contributed by atoms with Crippen molar-refractivity contribution in [2.75, 3.05) is 0 Å². The Morgan fingerprint density at radius 2 is 2.36 bits per heavy atom. The lowest BCUT2D eigenvalue weighted by Crippen LogP contribution is -2.04. The Labute approximate surface area is 87.0 Å². The zero-order valence-corrected chi connectivity index (χ0v) is 9.06. The summed E-state index contributed by atoms with van der Waals surface area (Å²) in [5.41, 5.74) is 7.90. The molecule has 2 aromatic rings. The van der Waals surface area contributed by atoms with Gasteiger partial charge in [-0.3, -0.25) is 0 Å². The van der Waals surface area contributed by atoms with Crippen LogP contribution >= 0.6 is 11.3 Å². The van der Waals surface area contributed by atoms with Crippen molar-refractivity contribution in [3.63, 3.8) is 0 Å². The molecule has 0 saturated carbocycles. The number of nitrogens with zero attached hydrogens (tertiary/aromatic N) is 1. The number of thiophene rings is 1. The van der Waals surface area contributed by atoms with Gasteiger partial charge < -0.3 is 10.7 Å². The zero-order valence-electron chi connectivity index (χ0n) is 8.24. The van der Waals surface area contributed by atoms with Crippen molar-refractivity contribution < 1.29 is 0 Å². The van der Waals surface area contributed by atoms with Crippen LogP contribution in [0.2, 0.25) is 0 Å². The average molecular weight is 207 g/mol. The van der Waals surface area contributed by atoms with Crippen LogP contribution in [-0.2, 0) is 0 Å². The summed E-state index contributed by atoms with van der Waals surface area (Å²) in [6, 6.07) is 2.08. The Balaban J connectivity index is 2.39. The van der Waals surface area contributed by atoms with Gasteiger partial charge in [0, 0.05) is 16.5 Å². The van der Waals surface area contributed by atoms with E-state index >= 15 is 0 Å². The summed E-state index contributed by atoms with van der Waals surface area (Å²) in [6.45, 7) is 4.03. The van der Waals surface area contributed by atoms with E-state index < -0.39 is 0 Å². The Bertz CT molecular complexity index is 428. The Morgan fingerprint density at radius 3 is 2.86 bits per heavy atom. The second-order valence-electron chi connectivity index (χ2n) is 3.37. The predicted molar refractivity (Wildman–Crippen MR) is 59.2 cm³/mol. The topological polar surface area (TPSA) is 54.7 Å². The predicted octanol–water partition coefficient (Wildman–Crippen LogP) is 2.47. The Kier molecular flexibility index (Phi) is 2.39. The molecular formula is C10H13N3S. The van der Waals surface area contributed by atoms with Gasteiger partial charge in [-0.15, -0.1) is 11.3 Å². The maximum Gasteiger partial charge on any atom is 0.138 e. The minimum absolute atomic E-state index is 0.00944. The van der Waals surface area contributed by atoms with Crippen LogP contribution in [-0.4, -0.2) is 9.97 Å². The van der Waals surface area contributed by atoms with E-state index in [1.165, 1.54) is 10.4 Å². The first kappa shape index (κ1) is 9.43. The summed E-state index contributed by atoms with van der Waals surface area (Å²) in [5.74, 6) is 0.913. The first-order valence-electron chi connectivity index (χ1n) is 4.53. The molecule has 0 radical (unpaired) electrons. The van der Waals surface area contributed by atoms with Crippen LogP contribution < -0.4 is 5.73 Å². The molecule has 4 heteroatoms. The SMILES string of the molecule is Cc1sccc1-c1ncc(C(C)N)[nH]1. The minimum atomic E-state index is 0.00944. The monoisotopic (exact) mass is 207 g/mol. The molecule has 3 N–H and O–H groups in total. The van der Waals surface area contributed by atoms with E-state index in [0.717, 1.165) is 11.5 Å². The van der Waals surface area contributed by atoms with Gasteiger partial charge in [-0.05, 0) is 25.3 Å². The standard InChI is InChI=1S/C10H13N3S/c1-6(11)9-5-12-10(13-9)8-3-4-14-7(8)2/h3-6H,11H2,1-2H3,(H,12,13). The lowest BCUT2D eigenvalue weighted by molar-refractivity contribution is 0.789. The van der Waals surface area contributed by atoms with Gasteiger partial charge in [0.05, 0.1) is 11.9 Å². The molecule has 3 nitrogen and oxygen atoms in total. The summed E-state index contributed by atoms with van der Waals surface area (Å²) in [6.07, 6.45) is 1.80. The number of hydrogen-bond acceptors (Lipinski definition) is 3. The van der Waals surface area contributed by atoms with Crippen LogP contribution in [0.4, 0.5) is 0 Å². The number of nitrogens with one attached hydrogen (secondary N) is 1. The summed E-state index contributed by atoms with van der Waals surface area (Å²) < 4.78 is 0. The number of imidazole rings is 1. The molecule has 0 aliphatic carbocycles. The number of nitrogens with two attached hydrogens (primary N) is 1. The lowest BCUT2D eigenvalue weighted by Gasteiger charge is -1.99. The van der Waals surface area contributed by atoms with Crippen LogP contribution in [0, 0.1) is 6.92 Å².